The fraction of sp³-hybridized carbons (Fsp3) is 0.538. The molecule has 0 fully saturated rings. The van der Waals surface area contributed by atoms with Crippen molar-refractivity contribution in [1.82, 2.24) is 10.6 Å². The summed E-state index contributed by atoms with van der Waals surface area (Å²) in [7, 11) is 1.25. The van der Waals surface area contributed by atoms with Crippen LogP contribution in [0.5, 0.6) is 0 Å². The van der Waals surface area contributed by atoms with Gasteiger partial charge < -0.3 is 50.4 Å². The number of methoxy groups -OCH3 is 1. The van der Waals surface area contributed by atoms with Gasteiger partial charge in [0.1, 0.15) is 18.3 Å². The van der Waals surface area contributed by atoms with E-state index in [1.54, 1.807) is 38.1 Å². The third-order valence-corrected chi connectivity index (χ3v) is 6.45. The van der Waals surface area contributed by atoms with E-state index < -0.39 is 48.9 Å². The molecule has 0 spiro atoms. The van der Waals surface area contributed by atoms with Gasteiger partial charge in [-0.15, -0.1) is 0 Å². The van der Waals surface area contributed by atoms with Crippen molar-refractivity contribution in [3.8, 4) is 0 Å². The molecule has 0 bridgehead atoms. The Labute approximate surface area is 231 Å². The quantitative estimate of drug-likeness (QED) is 0.104. The van der Waals surface area contributed by atoms with Gasteiger partial charge in [0.05, 0.1) is 62.4 Å². The molecule has 12 nitrogen and oxygen atoms in total. The number of carbonyl (C=O) groups excluding carboxylic acids is 2. The molecule has 7 N–H and O–H groups in total. The first-order valence-corrected chi connectivity index (χ1v) is 12.8. The van der Waals surface area contributed by atoms with Crippen molar-refractivity contribution < 1.29 is 49.3 Å². The zero-order valence-corrected chi connectivity index (χ0v) is 22.8. The SMILES string of the molecule is CCOC(=O)C1=C(COCCNC[C@H](O)[C@H](O)[C@@H](O)[C@@H](O)CO)NC(C)=C(C(=O)OC)C1c1ccccc1Cl. The van der Waals surface area contributed by atoms with Gasteiger partial charge in [-0.1, -0.05) is 29.8 Å². The van der Waals surface area contributed by atoms with Gasteiger partial charge in [-0.05, 0) is 25.5 Å². The molecule has 1 heterocycles. The normalized spacial score (nSPS) is 18.7. The molecule has 0 aliphatic carbocycles. The summed E-state index contributed by atoms with van der Waals surface area (Å²) in [6.45, 7) is 2.83. The standard InChI is InChI=1S/C26H37ClN2O10/c1-4-39-26(36)22-17(13-38-10-9-28-11-18(31)23(33)24(34)19(32)12-30)29-14(2)20(25(35)37-3)21(22)15-7-5-6-8-16(15)27/h5-8,18-19,21,23-24,28-34H,4,9-13H2,1-3H3/t18-,19-,21?,23-,24-/m0/s1. The average molecular weight is 573 g/mol. The average Bonchev–Trinajstić information content (AvgIpc) is 2.92. The van der Waals surface area contributed by atoms with Crippen molar-refractivity contribution in [2.75, 3.05) is 46.6 Å². The number of nitrogens with one attached hydrogen (secondary N) is 2. The number of rotatable bonds is 15. The molecule has 2 rings (SSSR count). The first kappa shape index (κ1) is 32.7. The third kappa shape index (κ3) is 8.47. The van der Waals surface area contributed by atoms with Crippen molar-refractivity contribution in [1.29, 1.82) is 0 Å². The number of benzene rings is 1. The highest BCUT2D eigenvalue weighted by Crippen LogP contribution is 2.41. The molecule has 1 aromatic rings. The Balaban J connectivity index is 2.17. The number of aliphatic hydroxyl groups excluding tert-OH is 5. The second-order valence-electron chi connectivity index (χ2n) is 8.78. The predicted molar refractivity (Wildman–Crippen MR) is 141 cm³/mol. The summed E-state index contributed by atoms with van der Waals surface area (Å²) in [6.07, 6.45) is -6.40. The molecular weight excluding hydrogens is 536 g/mol. The fourth-order valence-electron chi connectivity index (χ4n) is 4.11. The van der Waals surface area contributed by atoms with Crippen molar-refractivity contribution in [2.45, 2.75) is 44.2 Å². The third-order valence-electron chi connectivity index (χ3n) is 6.11. The van der Waals surface area contributed by atoms with E-state index in [2.05, 4.69) is 10.6 Å². The minimum absolute atomic E-state index is 0.0604. The van der Waals surface area contributed by atoms with E-state index in [1.165, 1.54) is 7.11 Å². The van der Waals surface area contributed by atoms with Gasteiger partial charge in [-0.25, -0.2) is 9.59 Å². The van der Waals surface area contributed by atoms with E-state index in [-0.39, 0.29) is 44.1 Å². The summed E-state index contributed by atoms with van der Waals surface area (Å²) >= 11 is 6.48. The summed E-state index contributed by atoms with van der Waals surface area (Å²) in [5.74, 6) is -2.16. The van der Waals surface area contributed by atoms with Crippen molar-refractivity contribution in [3.63, 3.8) is 0 Å². The summed E-state index contributed by atoms with van der Waals surface area (Å²) < 4.78 is 16.0. The van der Waals surface area contributed by atoms with Crippen molar-refractivity contribution in [3.05, 3.63) is 57.4 Å². The smallest absolute Gasteiger partial charge is 0.336 e. The van der Waals surface area contributed by atoms with Crippen LogP contribution in [0.15, 0.2) is 46.8 Å². The minimum Gasteiger partial charge on any atom is -0.466 e. The zero-order chi connectivity index (χ0) is 29.1. The number of hydrogen-bond donors (Lipinski definition) is 7. The van der Waals surface area contributed by atoms with Gasteiger partial charge >= 0.3 is 11.9 Å². The summed E-state index contributed by atoms with van der Waals surface area (Å²) in [5.41, 5.74) is 1.71. The second-order valence-corrected chi connectivity index (χ2v) is 9.18. The lowest BCUT2D eigenvalue weighted by Gasteiger charge is -2.31. The molecule has 0 saturated carbocycles. The number of carbonyl (C=O) groups is 2. The van der Waals surface area contributed by atoms with Crippen LogP contribution < -0.4 is 10.6 Å². The van der Waals surface area contributed by atoms with Crippen LogP contribution in [-0.4, -0.2) is 109 Å². The summed E-state index contributed by atoms with van der Waals surface area (Å²) in [6, 6.07) is 6.85. The van der Waals surface area contributed by atoms with Gasteiger partial charge in [0.2, 0.25) is 0 Å². The molecule has 13 heteroatoms. The van der Waals surface area contributed by atoms with E-state index in [0.717, 1.165) is 0 Å². The molecule has 1 aliphatic heterocycles. The second kappa shape index (κ2) is 15.9. The highest BCUT2D eigenvalue weighted by Gasteiger charge is 2.39. The molecule has 5 atom stereocenters. The van der Waals surface area contributed by atoms with Crippen molar-refractivity contribution in [2.24, 2.45) is 0 Å². The first-order chi connectivity index (χ1) is 18.6. The van der Waals surface area contributed by atoms with Crippen molar-refractivity contribution >= 4 is 23.5 Å². The number of allylic oxidation sites excluding steroid dienone is 1. The van der Waals surface area contributed by atoms with Crippen LogP contribution in [-0.2, 0) is 23.8 Å². The maximum absolute atomic E-state index is 13.2. The largest absolute Gasteiger partial charge is 0.466 e. The molecule has 0 amide bonds. The van der Waals surface area contributed by atoms with Gasteiger partial charge in [0, 0.05) is 23.8 Å². The topological polar surface area (TPSA) is 187 Å². The molecule has 39 heavy (non-hydrogen) atoms. The van der Waals surface area contributed by atoms with E-state index in [1.807, 2.05) is 0 Å². The Morgan fingerprint density at radius 1 is 1.08 bits per heavy atom. The maximum atomic E-state index is 13.2. The molecule has 0 saturated heterocycles. The molecular formula is C26H37ClN2O10. The van der Waals surface area contributed by atoms with Gasteiger partial charge in [-0.3, -0.25) is 0 Å². The highest BCUT2D eigenvalue weighted by atomic mass is 35.5. The number of esters is 2. The maximum Gasteiger partial charge on any atom is 0.336 e. The van der Waals surface area contributed by atoms with Gasteiger partial charge in [-0.2, -0.15) is 0 Å². The number of dihydropyridines is 1. The molecule has 1 aliphatic rings. The molecule has 0 aromatic heterocycles. The number of ether oxygens (including phenoxy) is 3. The van der Waals surface area contributed by atoms with E-state index >= 15 is 0 Å². The van der Waals surface area contributed by atoms with Crippen LogP contribution in [0.3, 0.4) is 0 Å². The predicted octanol–water partition coefficient (Wildman–Crippen LogP) is -0.667. The summed E-state index contributed by atoms with van der Waals surface area (Å²) in [4.78, 5) is 25.9. The number of halogens is 1. The summed E-state index contributed by atoms with van der Waals surface area (Å²) in [5, 5.41) is 54.1. The first-order valence-electron chi connectivity index (χ1n) is 12.4. The van der Waals surface area contributed by atoms with Crippen LogP contribution in [0, 0.1) is 0 Å². The zero-order valence-electron chi connectivity index (χ0n) is 22.1. The van der Waals surface area contributed by atoms with Crippen LogP contribution in [0.1, 0.15) is 25.3 Å². The molecule has 0 radical (unpaired) electrons. The van der Waals surface area contributed by atoms with Crippen LogP contribution >= 0.6 is 11.6 Å². The van der Waals surface area contributed by atoms with E-state index in [4.69, 9.17) is 30.9 Å². The molecule has 1 aromatic carbocycles. The fourth-order valence-corrected chi connectivity index (χ4v) is 4.36. The Hall–Kier alpha value is -2.55. The number of aliphatic hydroxyl groups is 5. The lowest BCUT2D eigenvalue weighted by atomic mass is 9.80. The lowest BCUT2D eigenvalue weighted by Crippen LogP contribution is -2.49. The van der Waals surface area contributed by atoms with Crippen LogP contribution in [0.2, 0.25) is 5.02 Å². The monoisotopic (exact) mass is 572 g/mol. The Morgan fingerprint density at radius 2 is 1.74 bits per heavy atom. The Kier molecular flexibility index (Phi) is 13.3. The highest BCUT2D eigenvalue weighted by molar-refractivity contribution is 6.31. The lowest BCUT2D eigenvalue weighted by molar-refractivity contribution is -0.139. The minimum atomic E-state index is -1.72. The van der Waals surface area contributed by atoms with E-state index in [0.29, 0.717) is 22.0 Å². The Bertz CT molecular complexity index is 1050. The molecule has 1 unspecified atom stereocenters. The van der Waals surface area contributed by atoms with Gasteiger partial charge in [0.15, 0.2) is 0 Å². The van der Waals surface area contributed by atoms with E-state index in [9.17, 15) is 30.0 Å². The Morgan fingerprint density at radius 3 is 2.36 bits per heavy atom. The van der Waals surface area contributed by atoms with Crippen LogP contribution in [0.25, 0.3) is 0 Å². The van der Waals surface area contributed by atoms with Gasteiger partial charge in [0.25, 0.3) is 0 Å². The number of hydrogen-bond acceptors (Lipinski definition) is 12. The van der Waals surface area contributed by atoms with Crippen LogP contribution in [0.4, 0.5) is 0 Å². The molecule has 218 valence electrons.